The summed E-state index contributed by atoms with van der Waals surface area (Å²) in [6.07, 6.45) is 4.30. The molecule has 26 heavy (non-hydrogen) atoms. The van der Waals surface area contributed by atoms with E-state index < -0.39 is 10.0 Å². The van der Waals surface area contributed by atoms with Gasteiger partial charge in [-0.2, -0.15) is 0 Å². The van der Waals surface area contributed by atoms with E-state index in [0.29, 0.717) is 30.1 Å². The van der Waals surface area contributed by atoms with Crippen molar-refractivity contribution in [1.82, 2.24) is 14.3 Å². The Kier molecular flexibility index (Phi) is 5.76. The fourth-order valence-corrected chi connectivity index (χ4v) is 4.31. The van der Waals surface area contributed by atoms with Crippen LogP contribution in [0, 0.1) is 6.92 Å². The van der Waals surface area contributed by atoms with Gasteiger partial charge in [0.25, 0.3) is 0 Å². The minimum atomic E-state index is -3.58. The lowest BCUT2D eigenvalue weighted by atomic mass is 10.2. The summed E-state index contributed by atoms with van der Waals surface area (Å²) in [5, 5.41) is 0.405. The van der Waals surface area contributed by atoms with Gasteiger partial charge in [-0.25, -0.2) is 18.1 Å². The molecule has 0 spiro atoms. The summed E-state index contributed by atoms with van der Waals surface area (Å²) in [6.45, 7) is 2.75. The average molecular weight is 390 g/mol. The van der Waals surface area contributed by atoms with Gasteiger partial charge in [0.2, 0.25) is 10.0 Å². The van der Waals surface area contributed by atoms with Crippen LogP contribution < -0.4 is 4.72 Å². The summed E-state index contributed by atoms with van der Waals surface area (Å²) < 4.78 is 29.6. The van der Waals surface area contributed by atoms with Crippen LogP contribution in [0.2, 0.25) is 5.02 Å². The van der Waals surface area contributed by atoms with Crippen molar-refractivity contribution in [2.75, 3.05) is 6.54 Å². The van der Waals surface area contributed by atoms with E-state index in [-0.39, 0.29) is 4.90 Å². The second-order valence-corrected chi connectivity index (χ2v) is 8.14. The second-order valence-electron chi connectivity index (χ2n) is 5.97. The van der Waals surface area contributed by atoms with E-state index in [1.165, 1.54) is 6.07 Å². The molecule has 1 aromatic heterocycles. The maximum Gasteiger partial charge on any atom is 0.240 e. The molecular formula is C19H20ClN3O2S. The number of hydrogen-bond acceptors (Lipinski definition) is 3. The van der Waals surface area contributed by atoms with Gasteiger partial charge in [0.15, 0.2) is 0 Å². The molecule has 0 saturated heterocycles. The van der Waals surface area contributed by atoms with Crippen LogP contribution in [0.5, 0.6) is 0 Å². The van der Waals surface area contributed by atoms with Gasteiger partial charge in [-0.1, -0.05) is 48.0 Å². The highest BCUT2D eigenvalue weighted by molar-refractivity contribution is 7.89. The molecule has 3 aromatic rings. The van der Waals surface area contributed by atoms with E-state index >= 15 is 0 Å². The molecule has 1 heterocycles. The monoisotopic (exact) mass is 389 g/mol. The Morgan fingerprint density at radius 3 is 2.69 bits per heavy atom. The Labute approximate surface area is 158 Å². The number of aryl methyl sites for hydroxylation is 2. The number of sulfonamides is 1. The molecule has 7 heteroatoms. The first kappa shape index (κ1) is 18.6. The summed E-state index contributed by atoms with van der Waals surface area (Å²) in [7, 11) is -3.58. The van der Waals surface area contributed by atoms with Gasteiger partial charge >= 0.3 is 0 Å². The summed E-state index contributed by atoms with van der Waals surface area (Å²) in [5.41, 5.74) is 1.70. The van der Waals surface area contributed by atoms with Gasteiger partial charge in [-0.3, -0.25) is 0 Å². The molecule has 0 unspecified atom stereocenters. The SMILES string of the molecule is Cc1ccc(Cl)cc1S(=O)(=O)NCCCn1ccnc1-c1ccccc1. The number of rotatable bonds is 7. The Balaban J connectivity index is 1.61. The zero-order chi connectivity index (χ0) is 18.6. The van der Waals surface area contributed by atoms with Crippen molar-refractivity contribution in [1.29, 1.82) is 0 Å². The molecule has 0 bridgehead atoms. The van der Waals surface area contributed by atoms with E-state index in [0.717, 1.165) is 11.4 Å². The minimum Gasteiger partial charge on any atom is -0.331 e. The maximum absolute atomic E-state index is 12.5. The summed E-state index contributed by atoms with van der Waals surface area (Å²) in [5.74, 6) is 0.874. The summed E-state index contributed by atoms with van der Waals surface area (Å²) >= 11 is 5.92. The van der Waals surface area contributed by atoms with E-state index in [9.17, 15) is 8.42 Å². The molecule has 0 aliphatic rings. The molecular weight excluding hydrogens is 370 g/mol. The average Bonchev–Trinajstić information content (AvgIpc) is 3.10. The number of aromatic nitrogens is 2. The van der Waals surface area contributed by atoms with Gasteiger partial charge < -0.3 is 4.57 Å². The highest BCUT2D eigenvalue weighted by atomic mass is 35.5. The Bertz CT molecular complexity index is 985. The first-order chi connectivity index (χ1) is 12.5. The zero-order valence-electron chi connectivity index (χ0n) is 14.4. The van der Waals surface area contributed by atoms with Crippen LogP contribution in [0.3, 0.4) is 0 Å². The highest BCUT2D eigenvalue weighted by Crippen LogP contribution is 2.20. The number of hydrogen-bond donors (Lipinski definition) is 1. The Morgan fingerprint density at radius 1 is 1.15 bits per heavy atom. The van der Waals surface area contributed by atoms with Gasteiger partial charge in [0.05, 0.1) is 4.90 Å². The smallest absolute Gasteiger partial charge is 0.240 e. The highest BCUT2D eigenvalue weighted by Gasteiger charge is 2.16. The fourth-order valence-electron chi connectivity index (χ4n) is 2.73. The molecule has 136 valence electrons. The molecule has 1 N–H and O–H groups in total. The number of benzene rings is 2. The van der Waals surface area contributed by atoms with Crippen LogP contribution in [-0.4, -0.2) is 24.5 Å². The lowest BCUT2D eigenvalue weighted by Crippen LogP contribution is -2.26. The normalized spacial score (nSPS) is 11.6. The topological polar surface area (TPSA) is 64.0 Å². The van der Waals surface area contributed by atoms with Crippen molar-refractivity contribution in [2.24, 2.45) is 0 Å². The molecule has 5 nitrogen and oxygen atoms in total. The molecule has 0 fully saturated rings. The molecule has 0 aliphatic carbocycles. The lowest BCUT2D eigenvalue weighted by molar-refractivity contribution is 0.570. The molecule has 0 saturated carbocycles. The number of imidazole rings is 1. The van der Waals surface area contributed by atoms with Crippen LogP contribution in [-0.2, 0) is 16.6 Å². The van der Waals surface area contributed by atoms with Crippen LogP contribution >= 0.6 is 11.6 Å². The van der Waals surface area contributed by atoms with Gasteiger partial charge in [0, 0.05) is 36.1 Å². The standard InChI is InChI=1S/C19H20ClN3O2S/c1-15-8-9-17(20)14-18(15)26(24,25)22-10-5-12-23-13-11-21-19(23)16-6-3-2-4-7-16/h2-4,6-9,11,13-14,22H,5,10,12H2,1H3. The van der Waals surface area contributed by atoms with Crippen LogP contribution in [0.15, 0.2) is 65.8 Å². The summed E-state index contributed by atoms with van der Waals surface area (Å²) in [4.78, 5) is 4.61. The molecule has 0 aliphatic heterocycles. The van der Waals surface area contributed by atoms with E-state index in [1.54, 1.807) is 25.3 Å². The maximum atomic E-state index is 12.5. The first-order valence-corrected chi connectivity index (χ1v) is 10.2. The Morgan fingerprint density at radius 2 is 1.92 bits per heavy atom. The van der Waals surface area contributed by atoms with E-state index in [2.05, 4.69) is 9.71 Å². The van der Waals surface area contributed by atoms with Crippen molar-refractivity contribution in [2.45, 2.75) is 24.8 Å². The molecule has 0 amide bonds. The molecule has 0 radical (unpaired) electrons. The summed E-state index contributed by atoms with van der Waals surface area (Å²) in [6, 6.07) is 14.8. The molecule has 2 aromatic carbocycles. The largest absolute Gasteiger partial charge is 0.331 e. The van der Waals surface area contributed by atoms with Crippen molar-refractivity contribution in [3.8, 4) is 11.4 Å². The lowest BCUT2D eigenvalue weighted by Gasteiger charge is -2.11. The van der Waals surface area contributed by atoms with Crippen molar-refractivity contribution in [3.63, 3.8) is 0 Å². The fraction of sp³-hybridized carbons (Fsp3) is 0.211. The quantitative estimate of drug-likeness (QED) is 0.623. The van der Waals surface area contributed by atoms with Crippen molar-refractivity contribution >= 4 is 21.6 Å². The second kappa shape index (κ2) is 8.03. The van der Waals surface area contributed by atoms with Gasteiger partial charge in [-0.15, -0.1) is 0 Å². The number of halogens is 1. The minimum absolute atomic E-state index is 0.220. The molecule has 0 atom stereocenters. The van der Waals surface area contributed by atoms with Crippen LogP contribution in [0.4, 0.5) is 0 Å². The third kappa shape index (κ3) is 4.33. The first-order valence-electron chi connectivity index (χ1n) is 8.30. The van der Waals surface area contributed by atoms with E-state index in [4.69, 9.17) is 11.6 Å². The van der Waals surface area contributed by atoms with Gasteiger partial charge in [-0.05, 0) is 31.0 Å². The van der Waals surface area contributed by atoms with Crippen LogP contribution in [0.1, 0.15) is 12.0 Å². The molecule has 3 rings (SSSR count). The predicted molar refractivity (Wildman–Crippen MR) is 104 cm³/mol. The third-order valence-electron chi connectivity index (χ3n) is 4.06. The van der Waals surface area contributed by atoms with Crippen LogP contribution in [0.25, 0.3) is 11.4 Å². The third-order valence-corrected chi connectivity index (χ3v) is 5.89. The predicted octanol–water partition coefficient (Wildman–Crippen LogP) is 3.88. The van der Waals surface area contributed by atoms with Crippen molar-refractivity contribution in [3.05, 3.63) is 71.5 Å². The van der Waals surface area contributed by atoms with Crippen molar-refractivity contribution < 1.29 is 8.42 Å². The van der Waals surface area contributed by atoms with E-state index in [1.807, 2.05) is 41.1 Å². The number of nitrogens with one attached hydrogen (secondary N) is 1. The Hall–Kier alpha value is -2.15. The van der Waals surface area contributed by atoms with Gasteiger partial charge in [0.1, 0.15) is 5.82 Å². The zero-order valence-corrected chi connectivity index (χ0v) is 16.0. The number of nitrogens with zero attached hydrogens (tertiary/aromatic N) is 2.